The van der Waals surface area contributed by atoms with E-state index in [-0.39, 0.29) is 24.6 Å². The predicted octanol–water partition coefficient (Wildman–Crippen LogP) is -0.115. The summed E-state index contributed by atoms with van der Waals surface area (Å²) in [7, 11) is 0. The molecule has 1 aromatic heterocycles. The third-order valence-corrected chi connectivity index (χ3v) is 1.40. The fraction of sp³-hybridized carbons (Fsp3) is 0.250. The number of nitrogens with one attached hydrogen (secondary N) is 1. The zero-order valence-electron chi connectivity index (χ0n) is 6.95. The van der Waals surface area contributed by atoms with Gasteiger partial charge in [0.1, 0.15) is 0 Å². The fourth-order valence-corrected chi connectivity index (χ4v) is 0.794. The molecule has 1 rings (SSSR count). The van der Waals surface area contributed by atoms with Gasteiger partial charge in [-0.1, -0.05) is 0 Å². The molecule has 0 fully saturated rings. The first-order valence-electron chi connectivity index (χ1n) is 3.80. The van der Waals surface area contributed by atoms with Crippen molar-refractivity contribution in [2.45, 2.75) is 6.42 Å². The lowest BCUT2D eigenvalue weighted by molar-refractivity contribution is -0.117. The van der Waals surface area contributed by atoms with Gasteiger partial charge in [0.15, 0.2) is 5.76 Å². The molecule has 0 saturated carbocycles. The molecule has 1 heterocycles. The lowest BCUT2D eigenvalue weighted by Crippen LogP contribution is -2.27. The number of furan rings is 1. The molecule has 0 atom stereocenters. The maximum atomic E-state index is 11.1. The Hall–Kier alpha value is -1.78. The van der Waals surface area contributed by atoms with E-state index < -0.39 is 5.91 Å². The van der Waals surface area contributed by atoms with E-state index in [9.17, 15) is 9.59 Å². The van der Waals surface area contributed by atoms with Gasteiger partial charge in [0.25, 0.3) is 5.91 Å². The Morgan fingerprint density at radius 1 is 1.54 bits per heavy atom. The first kappa shape index (κ1) is 9.31. The molecule has 70 valence electrons. The highest BCUT2D eigenvalue weighted by Gasteiger charge is 2.06. The van der Waals surface area contributed by atoms with Crippen molar-refractivity contribution in [2.24, 2.45) is 5.73 Å². The number of primary amides is 1. The zero-order valence-corrected chi connectivity index (χ0v) is 6.95. The molecular weight excluding hydrogens is 172 g/mol. The maximum absolute atomic E-state index is 11.1. The molecule has 5 nitrogen and oxygen atoms in total. The third kappa shape index (κ3) is 2.98. The highest BCUT2D eigenvalue weighted by Crippen LogP contribution is 1.98. The van der Waals surface area contributed by atoms with E-state index in [0.717, 1.165) is 0 Å². The average Bonchev–Trinajstić information content (AvgIpc) is 2.55. The van der Waals surface area contributed by atoms with Crippen molar-refractivity contribution in [1.82, 2.24) is 5.32 Å². The normalized spacial score (nSPS) is 9.54. The van der Waals surface area contributed by atoms with Crippen LogP contribution in [0.1, 0.15) is 17.0 Å². The van der Waals surface area contributed by atoms with Crippen LogP contribution in [0.4, 0.5) is 0 Å². The number of amides is 2. The number of nitrogens with two attached hydrogens (primary N) is 1. The number of hydrogen-bond donors (Lipinski definition) is 2. The molecule has 0 aliphatic heterocycles. The van der Waals surface area contributed by atoms with Gasteiger partial charge in [0.05, 0.1) is 6.26 Å². The second-order valence-corrected chi connectivity index (χ2v) is 2.45. The summed E-state index contributed by atoms with van der Waals surface area (Å²) in [4.78, 5) is 21.4. The van der Waals surface area contributed by atoms with Crippen molar-refractivity contribution >= 4 is 11.8 Å². The van der Waals surface area contributed by atoms with Gasteiger partial charge in [-0.15, -0.1) is 0 Å². The molecule has 5 heteroatoms. The molecule has 3 N–H and O–H groups in total. The van der Waals surface area contributed by atoms with Gasteiger partial charge in [0, 0.05) is 13.0 Å². The van der Waals surface area contributed by atoms with Gasteiger partial charge in [0.2, 0.25) is 5.91 Å². The van der Waals surface area contributed by atoms with Gasteiger partial charge in [-0.05, 0) is 12.1 Å². The van der Waals surface area contributed by atoms with Crippen LogP contribution in [0.25, 0.3) is 0 Å². The van der Waals surface area contributed by atoms with Gasteiger partial charge in [-0.2, -0.15) is 0 Å². The molecule has 0 radical (unpaired) electrons. The van der Waals surface area contributed by atoms with E-state index in [1.165, 1.54) is 6.26 Å². The Balaban J connectivity index is 2.31. The van der Waals surface area contributed by atoms with Crippen molar-refractivity contribution in [1.29, 1.82) is 0 Å². The van der Waals surface area contributed by atoms with Crippen LogP contribution in [0.5, 0.6) is 0 Å². The molecule has 0 spiro atoms. The second-order valence-electron chi connectivity index (χ2n) is 2.45. The number of carbonyl (C=O) groups excluding carboxylic acids is 2. The fourth-order valence-electron chi connectivity index (χ4n) is 0.794. The van der Waals surface area contributed by atoms with Crippen molar-refractivity contribution in [3.8, 4) is 0 Å². The van der Waals surface area contributed by atoms with E-state index in [4.69, 9.17) is 10.2 Å². The van der Waals surface area contributed by atoms with Crippen molar-refractivity contribution < 1.29 is 14.0 Å². The summed E-state index contributed by atoms with van der Waals surface area (Å²) >= 11 is 0. The average molecular weight is 182 g/mol. The Morgan fingerprint density at radius 3 is 2.85 bits per heavy atom. The van der Waals surface area contributed by atoms with E-state index in [1.807, 2.05) is 0 Å². The predicted molar refractivity (Wildman–Crippen MR) is 44.9 cm³/mol. The van der Waals surface area contributed by atoms with E-state index in [2.05, 4.69) is 5.32 Å². The summed E-state index contributed by atoms with van der Waals surface area (Å²) in [6.07, 6.45) is 1.54. The minimum absolute atomic E-state index is 0.131. The Kier molecular flexibility index (Phi) is 3.08. The maximum Gasteiger partial charge on any atom is 0.286 e. The molecule has 0 aromatic carbocycles. The first-order valence-corrected chi connectivity index (χ1v) is 3.80. The van der Waals surface area contributed by atoms with Crippen LogP contribution in [0.2, 0.25) is 0 Å². The van der Waals surface area contributed by atoms with Crippen molar-refractivity contribution in [3.63, 3.8) is 0 Å². The largest absolute Gasteiger partial charge is 0.459 e. The van der Waals surface area contributed by atoms with Crippen LogP contribution in [-0.2, 0) is 4.79 Å². The molecule has 0 aliphatic carbocycles. The Labute approximate surface area is 74.9 Å². The number of carbonyl (C=O) groups is 2. The molecule has 0 aliphatic rings. The minimum atomic E-state index is -0.445. The summed E-state index contributed by atoms with van der Waals surface area (Å²) in [5.74, 6) is -0.560. The van der Waals surface area contributed by atoms with Gasteiger partial charge < -0.3 is 15.5 Å². The smallest absolute Gasteiger partial charge is 0.286 e. The zero-order chi connectivity index (χ0) is 9.68. The first-order chi connectivity index (χ1) is 6.20. The minimum Gasteiger partial charge on any atom is -0.459 e. The highest BCUT2D eigenvalue weighted by molar-refractivity contribution is 5.91. The third-order valence-electron chi connectivity index (χ3n) is 1.40. The number of hydrogen-bond acceptors (Lipinski definition) is 3. The summed E-state index contributed by atoms with van der Waals surface area (Å²) in [6, 6.07) is 3.16. The summed E-state index contributed by atoms with van der Waals surface area (Å²) in [5, 5.41) is 2.48. The van der Waals surface area contributed by atoms with Crippen molar-refractivity contribution in [3.05, 3.63) is 24.2 Å². The summed E-state index contributed by atoms with van der Waals surface area (Å²) in [6.45, 7) is 0.231. The van der Waals surface area contributed by atoms with Crippen LogP contribution in [-0.4, -0.2) is 18.4 Å². The molecular formula is C8H10N2O3. The van der Waals surface area contributed by atoms with E-state index in [1.54, 1.807) is 12.1 Å². The quantitative estimate of drug-likeness (QED) is 0.680. The van der Waals surface area contributed by atoms with Crippen molar-refractivity contribution in [2.75, 3.05) is 6.54 Å². The molecule has 2 amide bonds. The van der Waals surface area contributed by atoms with Gasteiger partial charge in [-0.25, -0.2) is 0 Å². The summed E-state index contributed by atoms with van der Waals surface area (Å²) in [5.41, 5.74) is 4.88. The molecule has 13 heavy (non-hydrogen) atoms. The second kappa shape index (κ2) is 4.30. The monoisotopic (exact) mass is 182 g/mol. The van der Waals surface area contributed by atoms with Gasteiger partial charge in [-0.3, -0.25) is 9.59 Å². The van der Waals surface area contributed by atoms with Crippen LogP contribution in [0.3, 0.4) is 0 Å². The van der Waals surface area contributed by atoms with Crippen LogP contribution >= 0.6 is 0 Å². The standard InChI is InChI=1S/C8H10N2O3/c9-7(11)3-4-10-8(12)6-2-1-5-13-6/h1-2,5H,3-4H2,(H2,9,11)(H,10,12). The van der Waals surface area contributed by atoms with E-state index in [0.29, 0.717) is 0 Å². The SMILES string of the molecule is NC(=O)CCNC(=O)c1ccco1. The molecule has 0 saturated heterocycles. The lowest BCUT2D eigenvalue weighted by Gasteiger charge is -1.99. The number of rotatable bonds is 4. The molecule has 0 bridgehead atoms. The highest BCUT2D eigenvalue weighted by atomic mass is 16.3. The molecule has 1 aromatic rings. The van der Waals surface area contributed by atoms with Crippen LogP contribution in [0, 0.1) is 0 Å². The molecule has 0 unspecified atom stereocenters. The lowest BCUT2D eigenvalue weighted by atomic mass is 10.4. The summed E-state index contributed by atoms with van der Waals surface area (Å²) < 4.78 is 4.82. The Morgan fingerprint density at radius 2 is 2.31 bits per heavy atom. The van der Waals surface area contributed by atoms with E-state index >= 15 is 0 Å². The Bertz CT molecular complexity index is 292. The van der Waals surface area contributed by atoms with Gasteiger partial charge >= 0.3 is 0 Å². The topological polar surface area (TPSA) is 85.3 Å². The van der Waals surface area contributed by atoms with Crippen LogP contribution in [0.15, 0.2) is 22.8 Å². The van der Waals surface area contributed by atoms with Crippen LogP contribution < -0.4 is 11.1 Å².